The number of aliphatic hydroxyl groups is 1. The molecule has 0 aliphatic carbocycles. The van der Waals surface area contributed by atoms with E-state index in [1.165, 1.54) is 0 Å². The molecule has 0 saturated carbocycles. The van der Waals surface area contributed by atoms with Crippen LogP contribution in [0.4, 0.5) is 11.8 Å². The molecule has 5 nitrogen and oxygen atoms in total. The van der Waals surface area contributed by atoms with Gasteiger partial charge in [-0.1, -0.05) is 0 Å². The zero-order valence-electron chi connectivity index (χ0n) is 10.7. The van der Waals surface area contributed by atoms with E-state index in [4.69, 9.17) is 5.11 Å². The van der Waals surface area contributed by atoms with Crippen LogP contribution in [0.5, 0.6) is 0 Å². The first-order chi connectivity index (χ1) is 8.27. The van der Waals surface area contributed by atoms with Gasteiger partial charge in [0, 0.05) is 31.5 Å². The maximum absolute atomic E-state index is 8.67. The Morgan fingerprint density at radius 1 is 1.24 bits per heavy atom. The lowest BCUT2D eigenvalue weighted by molar-refractivity contribution is 0.283. The molecule has 0 spiro atoms. The van der Waals surface area contributed by atoms with E-state index in [1.54, 1.807) is 0 Å². The van der Waals surface area contributed by atoms with Crippen molar-refractivity contribution in [3.8, 4) is 0 Å². The van der Waals surface area contributed by atoms with Crippen LogP contribution in [0.15, 0.2) is 6.20 Å². The molecule has 1 heterocycles. The fourth-order valence-electron chi connectivity index (χ4n) is 1.48. The molecule has 1 aromatic heterocycles. The van der Waals surface area contributed by atoms with E-state index in [-0.39, 0.29) is 6.61 Å². The molecule has 0 atom stereocenters. The van der Waals surface area contributed by atoms with Crippen molar-refractivity contribution in [3.05, 3.63) is 11.8 Å². The third-order valence-corrected chi connectivity index (χ3v) is 2.43. The van der Waals surface area contributed by atoms with Crippen LogP contribution in [0.2, 0.25) is 0 Å². The van der Waals surface area contributed by atoms with Gasteiger partial charge >= 0.3 is 0 Å². The van der Waals surface area contributed by atoms with Crippen LogP contribution in [-0.2, 0) is 0 Å². The quantitative estimate of drug-likeness (QED) is 0.602. The number of nitrogens with one attached hydrogen (secondary N) is 2. The molecular formula is C12H22N4O. The zero-order valence-corrected chi connectivity index (χ0v) is 10.7. The number of unbranched alkanes of at least 4 members (excludes halogenated alkanes) is 2. The third kappa shape index (κ3) is 4.99. The van der Waals surface area contributed by atoms with Gasteiger partial charge in [-0.05, 0) is 33.1 Å². The second kappa shape index (κ2) is 7.84. The molecule has 1 aromatic rings. The summed E-state index contributed by atoms with van der Waals surface area (Å²) in [7, 11) is 0. The van der Waals surface area contributed by atoms with Crippen molar-refractivity contribution in [2.24, 2.45) is 0 Å². The van der Waals surface area contributed by atoms with Gasteiger partial charge in [-0.25, -0.2) is 4.98 Å². The smallest absolute Gasteiger partial charge is 0.224 e. The second-order valence-electron chi connectivity index (χ2n) is 3.97. The molecule has 5 heteroatoms. The topological polar surface area (TPSA) is 70.1 Å². The van der Waals surface area contributed by atoms with Gasteiger partial charge in [0.2, 0.25) is 5.95 Å². The average Bonchev–Trinajstić information content (AvgIpc) is 2.33. The van der Waals surface area contributed by atoms with E-state index < -0.39 is 0 Å². The standard InChI is InChI=1S/C12H22N4O/c1-3-13-12-15-9-10(2)11(16-12)14-7-5-4-6-8-17/h9,17H,3-8H2,1-2H3,(H2,13,14,15,16). The average molecular weight is 238 g/mol. The Balaban J connectivity index is 2.42. The number of rotatable bonds is 8. The lowest BCUT2D eigenvalue weighted by Crippen LogP contribution is -2.09. The minimum atomic E-state index is 0.275. The van der Waals surface area contributed by atoms with Gasteiger partial charge in [-0.3, -0.25) is 0 Å². The highest BCUT2D eigenvalue weighted by molar-refractivity contribution is 5.46. The molecule has 0 saturated heterocycles. The summed E-state index contributed by atoms with van der Waals surface area (Å²) in [6.45, 7) is 5.98. The fraction of sp³-hybridized carbons (Fsp3) is 0.667. The van der Waals surface area contributed by atoms with Crippen molar-refractivity contribution < 1.29 is 5.11 Å². The Morgan fingerprint density at radius 2 is 2.06 bits per heavy atom. The monoisotopic (exact) mass is 238 g/mol. The molecule has 0 bridgehead atoms. The Hall–Kier alpha value is -1.36. The largest absolute Gasteiger partial charge is 0.396 e. The number of hydrogen-bond acceptors (Lipinski definition) is 5. The van der Waals surface area contributed by atoms with Crippen LogP contribution in [0, 0.1) is 6.92 Å². The van der Waals surface area contributed by atoms with E-state index in [0.717, 1.165) is 43.7 Å². The molecule has 0 amide bonds. The number of aliphatic hydroxyl groups excluding tert-OH is 1. The van der Waals surface area contributed by atoms with Gasteiger partial charge < -0.3 is 15.7 Å². The summed E-state index contributed by atoms with van der Waals surface area (Å²) in [4.78, 5) is 8.59. The van der Waals surface area contributed by atoms with Crippen molar-refractivity contribution >= 4 is 11.8 Å². The molecule has 3 N–H and O–H groups in total. The van der Waals surface area contributed by atoms with Gasteiger partial charge in [-0.15, -0.1) is 0 Å². The number of aromatic nitrogens is 2. The molecule has 0 aromatic carbocycles. The van der Waals surface area contributed by atoms with E-state index in [2.05, 4.69) is 20.6 Å². The predicted octanol–water partition coefficient (Wildman–Crippen LogP) is 1.79. The van der Waals surface area contributed by atoms with Gasteiger partial charge in [0.05, 0.1) is 0 Å². The van der Waals surface area contributed by atoms with Crippen molar-refractivity contribution in [1.29, 1.82) is 0 Å². The molecule has 0 aliphatic rings. The molecule has 0 aliphatic heterocycles. The number of nitrogens with zero attached hydrogens (tertiary/aromatic N) is 2. The van der Waals surface area contributed by atoms with Crippen LogP contribution >= 0.6 is 0 Å². The molecule has 0 unspecified atom stereocenters. The Bertz CT molecular complexity index is 330. The molecular weight excluding hydrogens is 216 g/mol. The summed E-state index contributed by atoms with van der Waals surface area (Å²) < 4.78 is 0. The Kier molecular flexibility index (Phi) is 6.32. The first-order valence-corrected chi connectivity index (χ1v) is 6.20. The molecule has 0 fully saturated rings. The zero-order chi connectivity index (χ0) is 12.5. The summed E-state index contributed by atoms with van der Waals surface area (Å²) >= 11 is 0. The van der Waals surface area contributed by atoms with Crippen molar-refractivity contribution in [2.45, 2.75) is 33.1 Å². The molecule has 0 radical (unpaired) electrons. The van der Waals surface area contributed by atoms with Crippen molar-refractivity contribution in [2.75, 3.05) is 30.3 Å². The normalized spacial score (nSPS) is 10.3. The van der Waals surface area contributed by atoms with Crippen LogP contribution in [0.3, 0.4) is 0 Å². The summed E-state index contributed by atoms with van der Waals surface area (Å²) in [6, 6.07) is 0. The summed E-state index contributed by atoms with van der Waals surface area (Å²) in [5, 5.41) is 15.1. The molecule has 96 valence electrons. The lowest BCUT2D eigenvalue weighted by atomic mass is 10.2. The van der Waals surface area contributed by atoms with Crippen molar-refractivity contribution in [3.63, 3.8) is 0 Å². The third-order valence-electron chi connectivity index (χ3n) is 2.43. The van der Waals surface area contributed by atoms with Crippen LogP contribution in [0.1, 0.15) is 31.7 Å². The van der Waals surface area contributed by atoms with Crippen LogP contribution < -0.4 is 10.6 Å². The number of anilines is 2. The van der Waals surface area contributed by atoms with Gasteiger partial charge in [0.15, 0.2) is 0 Å². The van der Waals surface area contributed by atoms with Gasteiger partial charge in [0.1, 0.15) is 5.82 Å². The number of aryl methyl sites for hydroxylation is 1. The first kappa shape index (κ1) is 13.7. The number of hydrogen-bond donors (Lipinski definition) is 3. The van der Waals surface area contributed by atoms with Gasteiger partial charge in [-0.2, -0.15) is 4.98 Å². The maximum Gasteiger partial charge on any atom is 0.224 e. The first-order valence-electron chi connectivity index (χ1n) is 6.20. The summed E-state index contributed by atoms with van der Waals surface area (Å²) in [5.41, 5.74) is 1.05. The van der Waals surface area contributed by atoms with E-state index in [9.17, 15) is 0 Å². The van der Waals surface area contributed by atoms with Gasteiger partial charge in [0.25, 0.3) is 0 Å². The molecule has 1 rings (SSSR count). The van der Waals surface area contributed by atoms with Crippen LogP contribution in [-0.4, -0.2) is 34.8 Å². The lowest BCUT2D eigenvalue weighted by Gasteiger charge is -2.09. The van der Waals surface area contributed by atoms with E-state index >= 15 is 0 Å². The fourth-order valence-corrected chi connectivity index (χ4v) is 1.48. The second-order valence-corrected chi connectivity index (χ2v) is 3.97. The predicted molar refractivity (Wildman–Crippen MR) is 70.4 cm³/mol. The van der Waals surface area contributed by atoms with E-state index in [1.807, 2.05) is 20.0 Å². The summed E-state index contributed by atoms with van der Waals surface area (Å²) in [5.74, 6) is 1.55. The minimum Gasteiger partial charge on any atom is -0.396 e. The SMILES string of the molecule is CCNc1ncc(C)c(NCCCCCO)n1. The van der Waals surface area contributed by atoms with E-state index in [0.29, 0.717) is 5.95 Å². The highest BCUT2D eigenvalue weighted by Crippen LogP contribution is 2.12. The summed E-state index contributed by atoms with van der Waals surface area (Å²) in [6.07, 6.45) is 4.77. The van der Waals surface area contributed by atoms with Crippen LogP contribution in [0.25, 0.3) is 0 Å². The Morgan fingerprint density at radius 3 is 2.76 bits per heavy atom. The minimum absolute atomic E-state index is 0.275. The highest BCUT2D eigenvalue weighted by Gasteiger charge is 2.02. The Labute approximate surface area is 103 Å². The maximum atomic E-state index is 8.67. The highest BCUT2D eigenvalue weighted by atomic mass is 16.2. The van der Waals surface area contributed by atoms with Crippen molar-refractivity contribution in [1.82, 2.24) is 9.97 Å². The molecule has 17 heavy (non-hydrogen) atoms.